The van der Waals surface area contributed by atoms with Crippen LogP contribution in [-0.2, 0) is 0 Å². The van der Waals surface area contributed by atoms with E-state index in [2.05, 4.69) is 83.7 Å². The van der Waals surface area contributed by atoms with Crippen molar-refractivity contribution >= 4 is 56.6 Å². The number of aromatic nitrogens is 7. The monoisotopic (exact) mass is 553 g/mol. The van der Waals surface area contributed by atoms with Gasteiger partial charge in [-0.25, -0.2) is 20.0 Å². The second kappa shape index (κ2) is 9.70. The Bertz CT molecular complexity index is 1850. The topological polar surface area (TPSA) is 106 Å². The molecule has 0 spiro atoms. The molecule has 1 saturated heterocycles. The van der Waals surface area contributed by atoms with E-state index < -0.39 is 0 Å². The number of anilines is 3. The summed E-state index contributed by atoms with van der Waals surface area (Å²) < 4.78 is 1.87. The maximum Gasteiger partial charge on any atom is 0.229 e. The summed E-state index contributed by atoms with van der Waals surface area (Å²) in [7, 11) is 4.19. The molecule has 0 aliphatic carbocycles. The molecule has 0 bridgehead atoms. The van der Waals surface area contributed by atoms with E-state index >= 15 is 0 Å². The fourth-order valence-electron chi connectivity index (χ4n) is 5.33. The van der Waals surface area contributed by atoms with Crippen LogP contribution in [0.2, 0.25) is 5.02 Å². The molecule has 1 aliphatic heterocycles. The van der Waals surface area contributed by atoms with Crippen molar-refractivity contribution in [2.45, 2.75) is 6.92 Å². The summed E-state index contributed by atoms with van der Waals surface area (Å²) in [5.74, 6) is 1.33. The lowest BCUT2D eigenvalue weighted by atomic mass is 10.0. The van der Waals surface area contributed by atoms with Crippen molar-refractivity contribution in [2.75, 3.05) is 50.5 Å². The van der Waals surface area contributed by atoms with Gasteiger partial charge in [-0.15, -0.1) is 10.2 Å². The summed E-state index contributed by atoms with van der Waals surface area (Å²) in [6, 6.07) is 14.3. The summed E-state index contributed by atoms with van der Waals surface area (Å²) in [4.78, 5) is 19.6. The Labute approximate surface area is 235 Å². The second-order valence-electron chi connectivity index (χ2n) is 10.2. The maximum absolute atomic E-state index is 6.70. The van der Waals surface area contributed by atoms with Gasteiger partial charge in [-0.3, -0.25) is 4.40 Å². The van der Waals surface area contributed by atoms with Crippen LogP contribution >= 0.6 is 11.6 Å². The van der Waals surface area contributed by atoms with Crippen molar-refractivity contribution in [2.24, 2.45) is 0 Å². The number of fused-ring (bicyclic) bond motifs is 4. The van der Waals surface area contributed by atoms with Gasteiger partial charge < -0.3 is 15.2 Å². The fourth-order valence-corrected chi connectivity index (χ4v) is 5.59. The Morgan fingerprint density at radius 2 is 1.75 bits per heavy atom. The van der Waals surface area contributed by atoms with Crippen LogP contribution in [0.25, 0.3) is 38.8 Å². The number of aryl methyl sites for hydroxylation is 1. The predicted octanol–water partition coefficient (Wildman–Crippen LogP) is 4.52. The number of pyridine rings is 1. The average Bonchev–Trinajstić information content (AvgIpc) is 3.59. The summed E-state index contributed by atoms with van der Waals surface area (Å²) in [5.41, 5.74) is 6.90. The molecule has 11 nitrogen and oxygen atoms in total. The van der Waals surface area contributed by atoms with Gasteiger partial charge >= 0.3 is 0 Å². The zero-order valence-electron chi connectivity index (χ0n) is 22.4. The van der Waals surface area contributed by atoms with Crippen LogP contribution in [0, 0.1) is 6.92 Å². The number of piperazine rings is 1. The molecule has 202 valence electrons. The smallest absolute Gasteiger partial charge is 0.229 e. The van der Waals surface area contributed by atoms with E-state index in [0.29, 0.717) is 22.3 Å². The Morgan fingerprint density at radius 1 is 0.950 bits per heavy atom. The second-order valence-corrected chi connectivity index (χ2v) is 10.6. The van der Waals surface area contributed by atoms with Gasteiger partial charge in [-0.1, -0.05) is 11.6 Å². The van der Waals surface area contributed by atoms with Crippen molar-refractivity contribution in [3.8, 4) is 11.1 Å². The molecule has 2 N–H and O–H groups in total. The van der Waals surface area contributed by atoms with Gasteiger partial charge in [0.05, 0.1) is 16.1 Å². The minimum absolute atomic E-state index is 0.495. The third-order valence-corrected chi connectivity index (χ3v) is 7.71. The first-order chi connectivity index (χ1) is 19.4. The van der Waals surface area contributed by atoms with E-state index in [1.54, 1.807) is 12.5 Å². The van der Waals surface area contributed by atoms with Gasteiger partial charge in [0.1, 0.15) is 12.2 Å². The van der Waals surface area contributed by atoms with Gasteiger partial charge in [-0.2, -0.15) is 4.98 Å². The maximum atomic E-state index is 6.70. The normalized spacial score (nSPS) is 14.7. The highest BCUT2D eigenvalue weighted by molar-refractivity contribution is 6.34. The molecule has 0 saturated carbocycles. The Hall–Kier alpha value is -4.32. The SMILES string of the molecule is Cc1nc2cc(Cl)c(-c3cc4cnc(Nc5ccc(N6CCN(N(C)C)CC6)cc5)nc4n4cnnc34)cc2[nH]1. The van der Waals surface area contributed by atoms with Crippen LogP contribution in [0.4, 0.5) is 17.3 Å². The van der Waals surface area contributed by atoms with Gasteiger partial charge in [0.2, 0.25) is 5.95 Å². The quantitative estimate of drug-likeness (QED) is 0.318. The van der Waals surface area contributed by atoms with Crippen LogP contribution in [0.1, 0.15) is 5.82 Å². The molecule has 40 heavy (non-hydrogen) atoms. The Morgan fingerprint density at radius 3 is 2.52 bits per heavy atom. The van der Waals surface area contributed by atoms with Crippen molar-refractivity contribution < 1.29 is 0 Å². The van der Waals surface area contributed by atoms with E-state index in [1.807, 2.05) is 29.5 Å². The zero-order chi connectivity index (χ0) is 27.4. The molecule has 0 unspecified atom stereocenters. The molecule has 1 aliphatic rings. The highest BCUT2D eigenvalue weighted by atomic mass is 35.5. The Balaban J connectivity index is 1.17. The van der Waals surface area contributed by atoms with Crippen LogP contribution in [-0.4, -0.2) is 84.8 Å². The van der Waals surface area contributed by atoms with Gasteiger partial charge in [-0.05, 0) is 49.4 Å². The van der Waals surface area contributed by atoms with Crippen molar-refractivity contribution in [1.29, 1.82) is 0 Å². The minimum atomic E-state index is 0.495. The number of nitrogens with zero attached hydrogens (tertiary/aromatic N) is 9. The number of aromatic amines is 1. The van der Waals surface area contributed by atoms with Gasteiger partial charge in [0, 0.05) is 74.4 Å². The van der Waals surface area contributed by atoms with E-state index in [9.17, 15) is 0 Å². The number of benzene rings is 2. The largest absolute Gasteiger partial charge is 0.369 e. The molecule has 0 atom stereocenters. The van der Waals surface area contributed by atoms with Crippen LogP contribution < -0.4 is 10.2 Å². The van der Waals surface area contributed by atoms with E-state index in [1.165, 1.54) is 5.69 Å². The molecule has 12 heteroatoms. The number of hydrogen-bond donors (Lipinski definition) is 2. The van der Waals surface area contributed by atoms with Crippen molar-refractivity contribution in [3.05, 3.63) is 65.8 Å². The number of hydrazine groups is 1. The lowest BCUT2D eigenvalue weighted by Gasteiger charge is -2.39. The molecule has 4 aromatic heterocycles. The summed E-state index contributed by atoms with van der Waals surface area (Å²) >= 11 is 6.70. The number of hydrogen-bond acceptors (Lipinski definition) is 9. The zero-order valence-corrected chi connectivity index (χ0v) is 23.2. The molecule has 0 radical (unpaired) electrons. The van der Waals surface area contributed by atoms with Crippen LogP contribution in [0.15, 0.2) is 55.0 Å². The number of H-pyrrole nitrogens is 1. The van der Waals surface area contributed by atoms with Crippen LogP contribution in [0.5, 0.6) is 0 Å². The third-order valence-electron chi connectivity index (χ3n) is 7.40. The first kappa shape index (κ1) is 24.7. The summed E-state index contributed by atoms with van der Waals surface area (Å²) in [6.45, 7) is 5.94. The number of nitrogens with one attached hydrogen (secondary N) is 2. The lowest BCUT2D eigenvalue weighted by Crippen LogP contribution is -2.51. The number of halogens is 1. The molecule has 0 amide bonds. The molecule has 2 aromatic carbocycles. The van der Waals surface area contributed by atoms with Crippen LogP contribution in [0.3, 0.4) is 0 Å². The van der Waals surface area contributed by atoms with E-state index in [-0.39, 0.29) is 0 Å². The fraction of sp³-hybridized carbons (Fsp3) is 0.250. The van der Waals surface area contributed by atoms with Crippen molar-refractivity contribution in [3.63, 3.8) is 0 Å². The number of rotatable bonds is 5. The molecular formula is C28H28ClN11. The molecular weight excluding hydrogens is 526 g/mol. The molecule has 6 aromatic rings. The lowest BCUT2D eigenvalue weighted by molar-refractivity contribution is 0.0201. The third kappa shape index (κ3) is 4.37. The summed E-state index contributed by atoms with van der Waals surface area (Å²) in [5, 5.41) is 17.9. The van der Waals surface area contributed by atoms with Crippen molar-refractivity contribution in [1.82, 2.24) is 44.6 Å². The van der Waals surface area contributed by atoms with Gasteiger partial charge in [0.25, 0.3) is 0 Å². The summed E-state index contributed by atoms with van der Waals surface area (Å²) in [6.07, 6.45) is 3.47. The first-order valence-electron chi connectivity index (χ1n) is 13.1. The highest BCUT2D eigenvalue weighted by Crippen LogP contribution is 2.35. The van der Waals surface area contributed by atoms with E-state index in [0.717, 1.165) is 65.2 Å². The minimum Gasteiger partial charge on any atom is -0.369 e. The first-order valence-corrected chi connectivity index (χ1v) is 13.5. The Kier molecular flexibility index (Phi) is 5.99. The number of imidazole rings is 1. The van der Waals surface area contributed by atoms with Gasteiger partial charge in [0.15, 0.2) is 11.3 Å². The predicted molar refractivity (Wildman–Crippen MR) is 158 cm³/mol. The average molecular weight is 554 g/mol. The standard InChI is InChI=1S/C28H28ClN11/c1-17-32-24-13-21(23(29)14-25(24)33-17)22-12-18-15-30-28(35-26(18)40-16-31-36-27(22)40)34-19-4-6-20(7-5-19)38-8-10-39(11-9-38)37(2)3/h4-7,12-16H,8-11H2,1-3H3,(H,32,33)(H,30,34,35). The molecule has 5 heterocycles. The highest BCUT2D eigenvalue weighted by Gasteiger charge is 2.19. The van der Waals surface area contributed by atoms with E-state index in [4.69, 9.17) is 16.6 Å². The molecule has 7 rings (SSSR count). The molecule has 1 fully saturated rings.